The van der Waals surface area contributed by atoms with Crippen molar-refractivity contribution in [2.24, 2.45) is 5.73 Å². The third kappa shape index (κ3) is 3.48. The molecule has 1 atom stereocenters. The van der Waals surface area contributed by atoms with Gasteiger partial charge < -0.3 is 10.6 Å². The van der Waals surface area contributed by atoms with Crippen LogP contribution in [0.2, 0.25) is 5.02 Å². The Bertz CT molecular complexity index is 426. The molecule has 2 N–H and O–H groups in total. The van der Waals surface area contributed by atoms with Crippen LogP contribution < -0.4 is 5.73 Å². The Balaban J connectivity index is 2.90. The number of rotatable bonds is 5. The lowest BCUT2D eigenvalue weighted by Crippen LogP contribution is -2.54. The maximum absolute atomic E-state index is 12.5. The van der Waals surface area contributed by atoms with Crippen molar-refractivity contribution < 1.29 is 4.79 Å². The zero-order valence-corrected chi connectivity index (χ0v) is 12.9. The van der Waals surface area contributed by atoms with Crippen LogP contribution in [-0.2, 0) is 4.79 Å². The summed E-state index contributed by atoms with van der Waals surface area (Å²) in [6, 6.07) is 7.52. The van der Waals surface area contributed by atoms with E-state index < -0.39 is 5.54 Å². The van der Waals surface area contributed by atoms with Gasteiger partial charge in [0.2, 0.25) is 5.91 Å². The number of nitrogens with two attached hydrogens (primary N) is 1. The number of carbonyl (C=O) groups excluding carboxylic acids is 1. The molecule has 0 bridgehead atoms. The minimum absolute atomic E-state index is 0.0139. The van der Waals surface area contributed by atoms with E-state index in [1.54, 1.807) is 11.9 Å². The van der Waals surface area contributed by atoms with Gasteiger partial charge in [-0.2, -0.15) is 0 Å². The fraction of sp³-hybridized carbons (Fsp3) is 0.533. The van der Waals surface area contributed by atoms with E-state index in [4.69, 9.17) is 17.3 Å². The van der Waals surface area contributed by atoms with E-state index in [-0.39, 0.29) is 11.9 Å². The lowest BCUT2D eigenvalue weighted by molar-refractivity contribution is -0.138. The van der Waals surface area contributed by atoms with E-state index in [1.807, 2.05) is 45.0 Å². The Morgan fingerprint density at radius 1 is 1.32 bits per heavy atom. The number of hydrogen-bond donors (Lipinski definition) is 1. The van der Waals surface area contributed by atoms with Gasteiger partial charge in [-0.15, -0.1) is 0 Å². The Morgan fingerprint density at radius 3 is 2.21 bits per heavy atom. The summed E-state index contributed by atoms with van der Waals surface area (Å²) in [6.45, 7) is 5.89. The van der Waals surface area contributed by atoms with Crippen LogP contribution >= 0.6 is 11.6 Å². The predicted octanol–water partition coefficient (Wildman–Crippen LogP) is 3.38. The molecule has 0 saturated carbocycles. The molecular weight excluding hydrogens is 260 g/mol. The van der Waals surface area contributed by atoms with E-state index in [0.29, 0.717) is 17.9 Å². The van der Waals surface area contributed by atoms with Gasteiger partial charge in [0, 0.05) is 12.1 Å². The molecule has 3 nitrogen and oxygen atoms in total. The quantitative estimate of drug-likeness (QED) is 0.900. The number of carbonyl (C=O) groups is 1. The first-order valence-electron chi connectivity index (χ1n) is 6.67. The molecule has 106 valence electrons. The molecule has 0 heterocycles. The minimum atomic E-state index is -0.768. The van der Waals surface area contributed by atoms with Crippen LogP contribution in [0.15, 0.2) is 24.3 Å². The first kappa shape index (κ1) is 16.0. The highest BCUT2D eigenvalue weighted by molar-refractivity contribution is 6.30. The first-order chi connectivity index (χ1) is 8.85. The Kier molecular flexibility index (Phi) is 5.39. The molecule has 0 aliphatic heterocycles. The smallest absolute Gasteiger partial charge is 0.242 e. The molecule has 1 rings (SSSR count). The maximum atomic E-state index is 12.5. The molecule has 1 unspecified atom stereocenters. The molecule has 4 heteroatoms. The molecule has 0 aliphatic rings. The van der Waals surface area contributed by atoms with Crippen LogP contribution in [0.3, 0.4) is 0 Å². The lowest BCUT2D eigenvalue weighted by atomic mass is 9.91. The summed E-state index contributed by atoms with van der Waals surface area (Å²) in [6.07, 6.45) is 1.28. The molecule has 1 aromatic rings. The van der Waals surface area contributed by atoms with Gasteiger partial charge in [0.15, 0.2) is 0 Å². The van der Waals surface area contributed by atoms with Crippen molar-refractivity contribution in [3.63, 3.8) is 0 Å². The summed E-state index contributed by atoms with van der Waals surface area (Å²) in [5, 5.41) is 0.695. The summed E-state index contributed by atoms with van der Waals surface area (Å²) >= 11 is 5.88. The maximum Gasteiger partial charge on any atom is 0.242 e. The van der Waals surface area contributed by atoms with Crippen molar-refractivity contribution in [1.29, 1.82) is 0 Å². The second-order valence-corrected chi connectivity index (χ2v) is 5.44. The third-order valence-electron chi connectivity index (χ3n) is 3.94. The standard InChI is InChI=1S/C15H23ClN2O/c1-5-15(17,6-2)14(19)18(4)11(3)12-7-9-13(16)10-8-12/h7-11H,5-6,17H2,1-4H3. The summed E-state index contributed by atoms with van der Waals surface area (Å²) in [4.78, 5) is 14.2. The van der Waals surface area contributed by atoms with Gasteiger partial charge in [0.25, 0.3) is 0 Å². The monoisotopic (exact) mass is 282 g/mol. The molecule has 0 spiro atoms. The Labute approximate surface area is 120 Å². The second kappa shape index (κ2) is 6.40. The molecule has 0 saturated heterocycles. The van der Waals surface area contributed by atoms with Crippen LogP contribution in [0, 0.1) is 0 Å². The number of nitrogens with zero attached hydrogens (tertiary/aromatic N) is 1. The van der Waals surface area contributed by atoms with Crippen molar-refractivity contribution in [2.45, 2.75) is 45.2 Å². The lowest BCUT2D eigenvalue weighted by Gasteiger charge is -2.34. The van der Waals surface area contributed by atoms with Crippen LogP contribution in [0.1, 0.15) is 45.2 Å². The Morgan fingerprint density at radius 2 is 1.79 bits per heavy atom. The topological polar surface area (TPSA) is 46.3 Å². The third-order valence-corrected chi connectivity index (χ3v) is 4.19. The molecule has 19 heavy (non-hydrogen) atoms. The van der Waals surface area contributed by atoms with Crippen molar-refractivity contribution in [3.05, 3.63) is 34.9 Å². The predicted molar refractivity (Wildman–Crippen MR) is 80.1 cm³/mol. The van der Waals surface area contributed by atoms with E-state index in [2.05, 4.69) is 0 Å². The van der Waals surface area contributed by atoms with Gasteiger partial charge in [0.05, 0.1) is 11.6 Å². The highest BCUT2D eigenvalue weighted by Gasteiger charge is 2.34. The number of benzene rings is 1. The van der Waals surface area contributed by atoms with E-state index >= 15 is 0 Å². The van der Waals surface area contributed by atoms with Gasteiger partial charge in [-0.05, 0) is 37.5 Å². The molecule has 0 fully saturated rings. The highest BCUT2D eigenvalue weighted by atomic mass is 35.5. The summed E-state index contributed by atoms with van der Waals surface area (Å²) in [5.74, 6) is -0.0139. The van der Waals surface area contributed by atoms with Gasteiger partial charge in [-0.1, -0.05) is 37.6 Å². The molecular formula is C15H23ClN2O. The van der Waals surface area contributed by atoms with E-state index in [9.17, 15) is 4.79 Å². The number of amides is 1. The van der Waals surface area contributed by atoms with Gasteiger partial charge >= 0.3 is 0 Å². The zero-order chi connectivity index (χ0) is 14.6. The minimum Gasteiger partial charge on any atom is -0.337 e. The normalized spacial score (nSPS) is 13.2. The average Bonchev–Trinajstić information content (AvgIpc) is 2.44. The molecule has 1 aromatic carbocycles. The molecule has 0 aliphatic carbocycles. The van der Waals surface area contributed by atoms with Crippen molar-refractivity contribution >= 4 is 17.5 Å². The van der Waals surface area contributed by atoms with Gasteiger partial charge in [-0.3, -0.25) is 4.79 Å². The van der Waals surface area contributed by atoms with Crippen molar-refractivity contribution in [1.82, 2.24) is 4.90 Å². The fourth-order valence-corrected chi connectivity index (χ4v) is 2.17. The summed E-state index contributed by atoms with van der Waals surface area (Å²) in [5.41, 5.74) is 6.45. The van der Waals surface area contributed by atoms with Crippen LogP contribution in [0.4, 0.5) is 0 Å². The Hall–Kier alpha value is -1.06. The van der Waals surface area contributed by atoms with Crippen molar-refractivity contribution in [2.75, 3.05) is 7.05 Å². The van der Waals surface area contributed by atoms with E-state index in [1.165, 1.54) is 0 Å². The fourth-order valence-electron chi connectivity index (χ4n) is 2.04. The van der Waals surface area contributed by atoms with Crippen molar-refractivity contribution in [3.8, 4) is 0 Å². The zero-order valence-electron chi connectivity index (χ0n) is 12.1. The second-order valence-electron chi connectivity index (χ2n) is 5.01. The number of likely N-dealkylation sites (N-methyl/N-ethyl adjacent to an activating group) is 1. The van der Waals surface area contributed by atoms with Crippen LogP contribution in [0.25, 0.3) is 0 Å². The number of halogens is 1. The molecule has 0 radical (unpaired) electrons. The SMILES string of the molecule is CCC(N)(CC)C(=O)N(C)C(C)c1ccc(Cl)cc1. The highest BCUT2D eigenvalue weighted by Crippen LogP contribution is 2.24. The summed E-state index contributed by atoms with van der Waals surface area (Å²) < 4.78 is 0. The largest absolute Gasteiger partial charge is 0.337 e. The van der Waals surface area contributed by atoms with Gasteiger partial charge in [0.1, 0.15) is 0 Å². The van der Waals surface area contributed by atoms with Gasteiger partial charge in [-0.25, -0.2) is 0 Å². The number of hydrogen-bond acceptors (Lipinski definition) is 2. The first-order valence-corrected chi connectivity index (χ1v) is 7.05. The summed E-state index contributed by atoms with van der Waals surface area (Å²) in [7, 11) is 1.80. The molecule has 1 amide bonds. The molecule has 0 aromatic heterocycles. The van der Waals surface area contributed by atoms with Crippen LogP contribution in [-0.4, -0.2) is 23.4 Å². The average molecular weight is 283 g/mol. The van der Waals surface area contributed by atoms with E-state index in [0.717, 1.165) is 5.56 Å². The van der Waals surface area contributed by atoms with Crippen LogP contribution in [0.5, 0.6) is 0 Å².